The molecule has 1 aromatic rings. The Balaban J connectivity index is 1.93. The van der Waals surface area contributed by atoms with Gasteiger partial charge in [0.05, 0.1) is 18.0 Å². The molecule has 1 aliphatic heterocycles. The van der Waals surface area contributed by atoms with Gasteiger partial charge in [-0.3, -0.25) is 4.79 Å². The van der Waals surface area contributed by atoms with Crippen LogP contribution in [-0.4, -0.2) is 48.6 Å². The summed E-state index contributed by atoms with van der Waals surface area (Å²) in [4.78, 5) is 18.3. The van der Waals surface area contributed by atoms with Crippen LogP contribution in [0.5, 0.6) is 0 Å². The predicted molar refractivity (Wildman–Crippen MR) is 74.3 cm³/mol. The molecule has 1 saturated heterocycles. The molecule has 2 heterocycles. The number of likely N-dealkylation sites (tertiary alicyclic amines) is 1. The average molecular weight is 263 g/mol. The van der Waals surface area contributed by atoms with Crippen LogP contribution in [0.3, 0.4) is 0 Å². The van der Waals surface area contributed by atoms with Gasteiger partial charge in [0.1, 0.15) is 5.69 Å². The Labute approximate surface area is 114 Å². The van der Waals surface area contributed by atoms with Gasteiger partial charge in [0.25, 0.3) is 5.91 Å². The summed E-state index contributed by atoms with van der Waals surface area (Å²) >= 11 is 0. The number of pyridine rings is 1. The number of hydrogen-bond acceptors (Lipinski definition) is 4. The van der Waals surface area contributed by atoms with E-state index in [-0.39, 0.29) is 5.91 Å². The quantitative estimate of drug-likeness (QED) is 0.899. The molecule has 104 valence electrons. The summed E-state index contributed by atoms with van der Waals surface area (Å²) < 4.78 is 5.58. The Morgan fingerprint density at radius 1 is 1.47 bits per heavy atom. The van der Waals surface area contributed by atoms with E-state index in [9.17, 15) is 4.79 Å². The monoisotopic (exact) mass is 263 g/mol. The lowest BCUT2D eigenvalue weighted by Crippen LogP contribution is -2.41. The average Bonchev–Trinajstić information content (AvgIpc) is 2.48. The second-order valence-corrected chi connectivity index (χ2v) is 4.63. The Morgan fingerprint density at radius 2 is 2.21 bits per heavy atom. The zero-order valence-electron chi connectivity index (χ0n) is 11.6. The first-order valence-corrected chi connectivity index (χ1v) is 6.79. The summed E-state index contributed by atoms with van der Waals surface area (Å²) in [7, 11) is 1.83. The van der Waals surface area contributed by atoms with Crippen LogP contribution < -0.4 is 5.32 Å². The van der Waals surface area contributed by atoms with Crippen LogP contribution in [0.15, 0.2) is 18.3 Å². The number of piperidine rings is 1. The third-order valence-corrected chi connectivity index (χ3v) is 3.40. The molecule has 0 bridgehead atoms. The van der Waals surface area contributed by atoms with E-state index in [1.54, 1.807) is 12.3 Å². The number of nitrogens with one attached hydrogen (secondary N) is 1. The lowest BCUT2D eigenvalue weighted by Gasteiger charge is -2.31. The highest BCUT2D eigenvalue weighted by molar-refractivity contribution is 5.92. The molecule has 0 aliphatic carbocycles. The summed E-state index contributed by atoms with van der Waals surface area (Å²) in [5.74, 6) is 0.0117. The summed E-state index contributed by atoms with van der Waals surface area (Å²) in [6, 6.07) is 3.63. The van der Waals surface area contributed by atoms with Crippen LogP contribution in [0.25, 0.3) is 0 Å². The number of carbonyl (C=O) groups is 1. The van der Waals surface area contributed by atoms with Crippen LogP contribution in [0.2, 0.25) is 0 Å². The van der Waals surface area contributed by atoms with Crippen molar-refractivity contribution in [2.45, 2.75) is 25.9 Å². The molecule has 1 aliphatic rings. The summed E-state index contributed by atoms with van der Waals surface area (Å²) in [6.07, 6.45) is 3.80. The molecule has 5 nitrogen and oxygen atoms in total. The van der Waals surface area contributed by atoms with Gasteiger partial charge < -0.3 is 15.0 Å². The maximum Gasteiger partial charge on any atom is 0.272 e. The fraction of sp³-hybridized carbons (Fsp3) is 0.571. The van der Waals surface area contributed by atoms with Crippen molar-refractivity contribution in [1.82, 2.24) is 9.88 Å². The number of rotatable bonds is 4. The molecule has 1 N–H and O–H groups in total. The van der Waals surface area contributed by atoms with Crippen molar-refractivity contribution in [2.24, 2.45) is 0 Å². The summed E-state index contributed by atoms with van der Waals surface area (Å²) in [5.41, 5.74) is 1.42. The lowest BCUT2D eigenvalue weighted by atomic mass is 10.1. The van der Waals surface area contributed by atoms with E-state index in [4.69, 9.17) is 4.74 Å². The van der Waals surface area contributed by atoms with Gasteiger partial charge in [0.15, 0.2) is 0 Å². The molecule has 1 amide bonds. The van der Waals surface area contributed by atoms with Crippen LogP contribution in [0.4, 0.5) is 5.69 Å². The Kier molecular flexibility index (Phi) is 4.74. The number of nitrogens with zero attached hydrogens (tertiary/aromatic N) is 2. The minimum absolute atomic E-state index is 0.0117. The van der Waals surface area contributed by atoms with E-state index in [1.807, 2.05) is 24.9 Å². The van der Waals surface area contributed by atoms with Gasteiger partial charge in [0.2, 0.25) is 0 Å². The molecule has 0 saturated carbocycles. The molecule has 0 unspecified atom stereocenters. The number of carbonyl (C=O) groups excluding carboxylic acids is 1. The number of anilines is 1. The third kappa shape index (κ3) is 3.44. The normalized spacial score (nSPS) is 16.4. The highest BCUT2D eigenvalue weighted by Gasteiger charge is 2.24. The SMILES string of the molecule is CCOC1CCN(C(=O)c2ccc(NC)cn2)CC1. The standard InChI is InChI=1S/C14H21N3O2/c1-3-19-12-6-8-17(9-7-12)14(18)13-5-4-11(15-2)10-16-13/h4-5,10,12,15H,3,6-9H2,1-2H3. The third-order valence-electron chi connectivity index (χ3n) is 3.40. The second-order valence-electron chi connectivity index (χ2n) is 4.63. The van der Waals surface area contributed by atoms with Gasteiger partial charge in [-0.15, -0.1) is 0 Å². The molecule has 0 aromatic carbocycles. The van der Waals surface area contributed by atoms with Crippen molar-refractivity contribution >= 4 is 11.6 Å². The smallest absolute Gasteiger partial charge is 0.272 e. The van der Waals surface area contributed by atoms with Crippen molar-refractivity contribution in [3.63, 3.8) is 0 Å². The minimum Gasteiger partial charge on any atom is -0.387 e. The first kappa shape index (κ1) is 13.8. The van der Waals surface area contributed by atoms with Crippen molar-refractivity contribution in [2.75, 3.05) is 32.1 Å². The van der Waals surface area contributed by atoms with Gasteiger partial charge in [-0.25, -0.2) is 4.98 Å². The predicted octanol–water partition coefficient (Wildman–Crippen LogP) is 1.76. The molecule has 0 spiro atoms. The van der Waals surface area contributed by atoms with Gasteiger partial charge >= 0.3 is 0 Å². The zero-order valence-corrected chi connectivity index (χ0v) is 11.6. The molecule has 0 atom stereocenters. The van der Waals surface area contributed by atoms with E-state index in [2.05, 4.69) is 10.3 Å². The van der Waals surface area contributed by atoms with Crippen LogP contribution >= 0.6 is 0 Å². The molecular formula is C14H21N3O2. The molecule has 19 heavy (non-hydrogen) atoms. The Bertz CT molecular complexity index is 411. The van der Waals surface area contributed by atoms with E-state index in [1.165, 1.54) is 0 Å². The number of amides is 1. The van der Waals surface area contributed by atoms with Crippen molar-refractivity contribution < 1.29 is 9.53 Å². The van der Waals surface area contributed by atoms with Gasteiger partial charge in [-0.2, -0.15) is 0 Å². The van der Waals surface area contributed by atoms with E-state index >= 15 is 0 Å². The lowest BCUT2D eigenvalue weighted by molar-refractivity contribution is 0.0144. The molecule has 5 heteroatoms. The van der Waals surface area contributed by atoms with Gasteiger partial charge in [-0.1, -0.05) is 0 Å². The highest BCUT2D eigenvalue weighted by atomic mass is 16.5. The maximum atomic E-state index is 12.3. The number of aromatic nitrogens is 1. The fourth-order valence-corrected chi connectivity index (χ4v) is 2.29. The number of hydrogen-bond donors (Lipinski definition) is 1. The first-order chi connectivity index (χ1) is 9.24. The Hall–Kier alpha value is -1.62. The van der Waals surface area contributed by atoms with E-state index in [0.717, 1.165) is 38.2 Å². The first-order valence-electron chi connectivity index (χ1n) is 6.79. The topological polar surface area (TPSA) is 54.5 Å². The molecule has 1 aromatic heterocycles. The van der Waals surface area contributed by atoms with Crippen molar-refractivity contribution in [3.8, 4) is 0 Å². The van der Waals surface area contributed by atoms with E-state index in [0.29, 0.717) is 11.8 Å². The molecule has 2 rings (SSSR count). The highest BCUT2D eigenvalue weighted by Crippen LogP contribution is 2.16. The van der Waals surface area contributed by atoms with Crippen LogP contribution in [0, 0.1) is 0 Å². The Morgan fingerprint density at radius 3 is 2.74 bits per heavy atom. The van der Waals surface area contributed by atoms with E-state index < -0.39 is 0 Å². The van der Waals surface area contributed by atoms with Crippen molar-refractivity contribution in [3.05, 3.63) is 24.0 Å². The largest absolute Gasteiger partial charge is 0.387 e. The van der Waals surface area contributed by atoms with Gasteiger partial charge in [0, 0.05) is 26.7 Å². The molecule has 1 fully saturated rings. The number of ether oxygens (including phenoxy) is 1. The second kappa shape index (κ2) is 6.52. The van der Waals surface area contributed by atoms with Crippen molar-refractivity contribution in [1.29, 1.82) is 0 Å². The summed E-state index contributed by atoms with van der Waals surface area (Å²) in [5, 5.41) is 2.99. The maximum absolute atomic E-state index is 12.3. The van der Waals surface area contributed by atoms with Gasteiger partial charge in [-0.05, 0) is 31.9 Å². The molecular weight excluding hydrogens is 242 g/mol. The zero-order chi connectivity index (χ0) is 13.7. The van der Waals surface area contributed by atoms with Crippen LogP contribution in [-0.2, 0) is 4.74 Å². The summed E-state index contributed by atoms with van der Waals surface area (Å²) in [6.45, 7) is 4.24. The fourth-order valence-electron chi connectivity index (χ4n) is 2.29. The minimum atomic E-state index is 0.0117. The molecule has 0 radical (unpaired) electrons. The van der Waals surface area contributed by atoms with Crippen LogP contribution in [0.1, 0.15) is 30.3 Å².